The summed E-state index contributed by atoms with van der Waals surface area (Å²) in [6.45, 7) is 3.70. The van der Waals surface area contributed by atoms with Gasteiger partial charge in [-0.25, -0.2) is 0 Å². The molecule has 2 rings (SSSR count). The minimum absolute atomic E-state index is 0.0478. The molecular weight excluding hydrogens is 292 g/mol. The second-order valence-corrected chi connectivity index (χ2v) is 5.13. The molecule has 2 aromatic carbocycles. The first-order valence-corrected chi connectivity index (χ1v) is 7.46. The zero-order chi connectivity index (χ0) is 16.7. The number of hydrogen-bond donors (Lipinski definition) is 2. The van der Waals surface area contributed by atoms with Crippen LogP contribution in [0.15, 0.2) is 48.5 Å². The molecule has 0 bridgehead atoms. The molecule has 0 aliphatic rings. The summed E-state index contributed by atoms with van der Waals surface area (Å²) in [4.78, 5) is 23.2. The molecule has 0 unspecified atom stereocenters. The van der Waals surface area contributed by atoms with Crippen molar-refractivity contribution in [3.63, 3.8) is 0 Å². The number of anilines is 2. The maximum absolute atomic E-state index is 11.9. The fourth-order valence-corrected chi connectivity index (χ4v) is 1.94. The summed E-state index contributed by atoms with van der Waals surface area (Å²) in [6, 6.07) is 14.5. The maximum atomic E-state index is 11.9. The van der Waals surface area contributed by atoms with Gasteiger partial charge in [0.05, 0.1) is 0 Å². The van der Waals surface area contributed by atoms with Gasteiger partial charge in [0.15, 0.2) is 6.61 Å². The molecule has 2 aromatic rings. The van der Waals surface area contributed by atoms with Gasteiger partial charge in [-0.3, -0.25) is 9.59 Å². The SMILES string of the molecule is CCC(=O)Nc1ccc(NC(=O)COc2cccc(C)c2)cc1. The molecule has 0 spiro atoms. The van der Waals surface area contributed by atoms with Gasteiger partial charge in [-0.2, -0.15) is 0 Å². The van der Waals surface area contributed by atoms with Gasteiger partial charge in [-0.1, -0.05) is 19.1 Å². The quantitative estimate of drug-likeness (QED) is 0.859. The molecule has 2 amide bonds. The Hall–Kier alpha value is -2.82. The molecule has 0 saturated carbocycles. The van der Waals surface area contributed by atoms with E-state index in [1.807, 2.05) is 31.2 Å². The Morgan fingerprint density at radius 2 is 1.57 bits per heavy atom. The minimum atomic E-state index is -0.239. The van der Waals surface area contributed by atoms with Gasteiger partial charge in [0.1, 0.15) is 5.75 Å². The van der Waals surface area contributed by atoms with Crippen LogP contribution in [0, 0.1) is 6.92 Å². The Morgan fingerprint density at radius 1 is 0.957 bits per heavy atom. The predicted molar refractivity (Wildman–Crippen MR) is 90.7 cm³/mol. The molecule has 0 heterocycles. The van der Waals surface area contributed by atoms with Crippen LogP contribution in [0.5, 0.6) is 5.75 Å². The van der Waals surface area contributed by atoms with Gasteiger partial charge in [-0.15, -0.1) is 0 Å². The summed E-state index contributed by atoms with van der Waals surface area (Å²) in [5, 5.41) is 5.49. The van der Waals surface area contributed by atoms with Crippen molar-refractivity contribution in [2.45, 2.75) is 20.3 Å². The number of nitrogens with one attached hydrogen (secondary N) is 2. The van der Waals surface area contributed by atoms with Gasteiger partial charge < -0.3 is 15.4 Å². The predicted octanol–water partition coefficient (Wildman–Crippen LogP) is 3.36. The molecule has 0 atom stereocenters. The molecule has 23 heavy (non-hydrogen) atoms. The third-order valence-electron chi connectivity index (χ3n) is 3.13. The van der Waals surface area contributed by atoms with Crippen molar-refractivity contribution >= 4 is 23.2 Å². The van der Waals surface area contributed by atoms with Crippen molar-refractivity contribution in [2.24, 2.45) is 0 Å². The average Bonchev–Trinajstić information content (AvgIpc) is 2.55. The van der Waals surface area contributed by atoms with E-state index in [4.69, 9.17) is 4.74 Å². The van der Waals surface area contributed by atoms with Crippen molar-refractivity contribution in [3.05, 3.63) is 54.1 Å². The van der Waals surface area contributed by atoms with Crippen LogP contribution in [-0.4, -0.2) is 18.4 Å². The average molecular weight is 312 g/mol. The zero-order valence-corrected chi connectivity index (χ0v) is 13.3. The smallest absolute Gasteiger partial charge is 0.262 e. The van der Waals surface area contributed by atoms with Gasteiger partial charge in [0.2, 0.25) is 5.91 Å². The lowest BCUT2D eigenvalue weighted by atomic mass is 10.2. The van der Waals surface area contributed by atoms with E-state index < -0.39 is 0 Å². The van der Waals surface area contributed by atoms with E-state index >= 15 is 0 Å². The van der Waals surface area contributed by atoms with Crippen molar-refractivity contribution in [3.8, 4) is 5.75 Å². The van der Waals surface area contributed by atoms with Crippen molar-refractivity contribution in [1.29, 1.82) is 0 Å². The minimum Gasteiger partial charge on any atom is -0.484 e. The summed E-state index contributed by atoms with van der Waals surface area (Å²) < 4.78 is 5.44. The van der Waals surface area contributed by atoms with Crippen LogP contribution in [0.1, 0.15) is 18.9 Å². The lowest BCUT2D eigenvalue weighted by molar-refractivity contribution is -0.118. The first-order valence-electron chi connectivity index (χ1n) is 7.46. The molecule has 0 radical (unpaired) electrons. The molecule has 5 heteroatoms. The highest BCUT2D eigenvalue weighted by Gasteiger charge is 2.05. The van der Waals surface area contributed by atoms with E-state index in [1.165, 1.54) is 0 Å². The monoisotopic (exact) mass is 312 g/mol. The normalized spacial score (nSPS) is 10.0. The number of hydrogen-bond acceptors (Lipinski definition) is 3. The second-order valence-electron chi connectivity index (χ2n) is 5.13. The van der Waals surface area contributed by atoms with Gasteiger partial charge in [-0.05, 0) is 48.9 Å². The highest BCUT2D eigenvalue weighted by molar-refractivity contribution is 5.93. The molecule has 5 nitrogen and oxygen atoms in total. The number of benzene rings is 2. The summed E-state index contributed by atoms with van der Waals surface area (Å²) in [5.41, 5.74) is 2.43. The number of aryl methyl sites for hydroxylation is 1. The first kappa shape index (κ1) is 16.5. The Bertz CT molecular complexity index is 681. The third-order valence-corrected chi connectivity index (χ3v) is 3.13. The van der Waals surface area contributed by atoms with Gasteiger partial charge >= 0.3 is 0 Å². The summed E-state index contributed by atoms with van der Waals surface area (Å²) in [7, 11) is 0. The van der Waals surface area contributed by atoms with Crippen LogP contribution in [0.2, 0.25) is 0 Å². The lowest BCUT2D eigenvalue weighted by Crippen LogP contribution is -2.20. The molecule has 0 aliphatic carbocycles. The van der Waals surface area contributed by atoms with E-state index in [1.54, 1.807) is 31.2 Å². The van der Waals surface area contributed by atoms with Crippen LogP contribution in [0.25, 0.3) is 0 Å². The van der Waals surface area contributed by atoms with E-state index in [9.17, 15) is 9.59 Å². The highest BCUT2D eigenvalue weighted by atomic mass is 16.5. The molecule has 0 saturated heterocycles. The number of ether oxygens (including phenoxy) is 1. The fourth-order valence-electron chi connectivity index (χ4n) is 1.94. The Balaban J connectivity index is 1.84. The van der Waals surface area contributed by atoms with Crippen LogP contribution in [0.3, 0.4) is 0 Å². The van der Waals surface area contributed by atoms with Crippen LogP contribution in [0.4, 0.5) is 11.4 Å². The Morgan fingerprint density at radius 3 is 2.13 bits per heavy atom. The fraction of sp³-hybridized carbons (Fsp3) is 0.222. The first-order chi connectivity index (χ1) is 11.1. The summed E-state index contributed by atoms with van der Waals surface area (Å²) in [5.74, 6) is 0.378. The summed E-state index contributed by atoms with van der Waals surface area (Å²) in [6.07, 6.45) is 0.425. The van der Waals surface area contributed by atoms with Gasteiger partial charge in [0.25, 0.3) is 5.91 Å². The highest BCUT2D eigenvalue weighted by Crippen LogP contribution is 2.15. The van der Waals surface area contributed by atoms with Crippen LogP contribution in [-0.2, 0) is 9.59 Å². The standard InChI is InChI=1S/C18H20N2O3/c1-3-17(21)19-14-7-9-15(10-8-14)20-18(22)12-23-16-6-4-5-13(2)11-16/h4-11H,3,12H2,1-2H3,(H,19,21)(H,20,22). The number of rotatable bonds is 6. The summed E-state index contributed by atoms with van der Waals surface area (Å²) >= 11 is 0. The van der Waals surface area contributed by atoms with Crippen LogP contribution >= 0.6 is 0 Å². The molecule has 120 valence electrons. The maximum Gasteiger partial charge on any atom is 0.262 e. The Labute approximate surface area is 135 Å². The number of amides is 2. The van der Waals surface area contributed by atoms with E-state index in [0.29, 0.717) is 23.5 Å². The molecule has 0 fully saturated rings. The van der Waals surface area contributed by atoms with Crippen molar-refractivity contribution in [1.82, 2.24) is 0 Å². The molecule has 2 N–H and O–H groups in total. The van der Waals surface area contributed by atoms with Crippen molar-refractivity contribution < 1.29 is 14.3 Å². The largest absolute Gasteiger partial charge is 0.484 e. The lowest BCUT2D eigenvalue weighted by Gasteiger charge is -2.09. The third kappa shape index (κ3) is 5.47. The van der Waals surface area contributed by atoms with E-state index in [0.717, 1.165) is 5.56 Å². The molecule has 0 aliphatic heterocycles. The van der Waals surface area contributed by atoms with Crippen molar-refractivity contribution in [2.75, 3.05) is 17.2 Å². The zero-order valence-electron chi connectivity index (χ0n) is 13.3. The van der Waals surface area contributed by atoms with E-state index in [2.05, 4.69) is 10.6 Å². The van der Waals surface area contributed by atoms with Gasteiger partial charge in [0, 0.05) is 17.8 Å². The number of carbonyl (C=O) groups is 2. The molecule has 0 aromatic heterocycles. The second kappa shape index (κ2) is 7.98. The Kier molecular flexibility index (Phi) is 5.74. The topological polar surface area (TPSA) is 67.4 Å². The number of carbonyl (C=O) groups excluding carboxylic acids is 2. The molecular formula is C18H20N2O3. The van der Waals surface area contributed by atoms with Crippen LogP contribution < -0.4 is 15.4 Å². The van der Waals surface area contributed by atoms with E-state index in [-0.39, 0.29) is 18.4 Å².